The Morgan fingerprint density at radius 3 is 2.84 bits per heavy atom. The first-order valence-electron chi connectivity index (χ1n) is 6.24. The first kappa shape index (κ1) is 13.8. The molecule has 1 unspecified atom stereocenters. The van der Waals surface area contributed by atoms with Gasteiger partial charge in [0.25, 0.3) is 0 Å². The Hall–Kier alpha value is -1.59. The van der Waals surface area contributed by atoms with E-state index in [1.165, 1.54) is 9.75 Å². The summed E-state index contributed by atoms with van der Waals surface area (Å²) in [6.07, 6.45) is 1.60. The number of nitrogens with one attached hydrogen (secondary N) is 2. The maximum absolute atomic E-state index is 11.9. The number of hydrogen-bond donors (Lipinski definition) is 2. The number of hydrogen-bond acceptors (Lipinski definition) is 4. The summed E-state index contributed by atoms with van der Waals surface area (Å²) in [5.74, 6) is 0.735. The van der Waals surface area contributed by atoms with Gasteiger partial charge in [-0.2, -0.15) is 0 Å². The summed E-state index contributed by atoms with van der Waals surface area (Å²) in [4.78, 5) is 14.4. The van der Waals surface area contributed by atoms with Gasteiger partial charge < -0.3 is 15.1 Å². The van der Waals surface area contributed by atoms with Crippen molar-refractivity contribution in [1.29, 1.82) is 0 Å². The van der Waals surface area contributed by atoms with Crippen LogP contribution < -0.4 is 10.6 Å². The molecular formula is C14H18N2O2S. The summed E-state index contributed by atoms with van der Waals surface area (Å²) in [6.45, 7) is 5.08. The molecular weight excluding hydrogens is 260 g/mol. The molecule has 0 saturated heterocycles. The lowest BCUT2D eigenvalue weighted by molar-refractivity contribution is -0.123. The summed E-state index contributed by atoms with van der Waals surface area (Å²) in [6, 6.07) is 7.59. The molecule has 0 aromatic carbocycles. The summed E-state index contributed by atoms with van der Waals surface area (Å²) >= 11 is 1.74. The summed E-state index contributed by atoms with van der Waals surface area (Å²) in [7, 11) is 0. The number of rotatable bonds is 6. The van der Waals surface area contributed by atoms with Gasteiger partial charge in [-0.15, -0.1) is 11.3 Å². The first-order chi connectivity index (χ1) is 9.15. The molecule has 2 aromatic rings. The van der Waals surface area contributed by atoms with Gasteiger partial charge in [0.15, 0.2) is 0 Å². The second-order valence-corrected chi connectivity index (χ2v) is 5.78. The lowest BCUT2D eigenvalue weighted by Gasteiger charge is -2.12. The molecule has 5 heteroatoms. The van der Waals surface area contributed by atoms with Gasteiger partial charge in [-0.1, -0.05) is 0 Å². The summed E-state index contributed by atoms with van der Waals surface area (Å²) in [5.41, 5.74) is 0. The molecule has 0 bridgehead atoms. The molecule has 1 atom stereocenters. The van der Waals surface area contributed by atoms with Crippen molar-refractivity contribution in [2.75, 3.05) is 0 Å². The van der Waals surface area contributed by atoms with E-state index >= 15 is 0 Å². The molecule has 0 aliphatic carbocycles. The quantitative estimate of drug-likeness (QED) is 0.853. The molecule has 102 valence electrons. The predicted molar refractivity (Wildman–Crippen MR) is 75.9 cm³/mol. The normalized spacial score (nSPS) is 12.3. The third-order valence-electron chi connectivity index (χ3n) is 2.79. The minimum absolute atomic E-state index is 0.0234. The fraction of sp³-hybridized carbons (Fsp3) is 0.357. The molecule has 2 N–H and O–H groups in total. The van der Waals surface area contributed by atoms with Crippen LogP contribution in [0.2, 0.25) is 0 Å². The zero-order valence-electron chi connectivity index (χ0n) is 11.1. The van der Waals surface area contributed by atoms with Crippen molar-refractivity contribution in [3.05, 3.63) is 46.0 Å². The van der Waals surface area contributed by atoms with E-state index in [-0.39, 0.29) is 11.9 Å². The Morgan fingerprint density at radius 2 is 2.21 bits per heavy atom. The lowest BCUT2D eigenvalue weighted by Crippen LogP contribution is -2.41. The second kappa shape index (κ2) is 6.54. The number of thiophene rings is 1. The minimum Gasteiger partial charge on any atom is -0.467 e. The number of aryl methyl sites for hydroxylation is 1. The maximum Gasteiger partial charge on any atom is 0.237 e. The van der Waals surface area contributed by atoms with Gasteiger partial charge in [0, 0.05) is 16.3 Å². The van der Waals surface area contributed by atoms with Crippen LogP contribution in [0.3, 0.4) is 0 Å². The van der Waals surface area contributed by atoms with E-state index in [2.05, 4.69) is 29.7 Å². The molecule has 0 radical (unpaired) electrons. The third kappa shape index (κ3) is 4.22. The smallest absolute Gasteiger partial charge is 0.237 e. The molecule has 4 nitrogen and oxygen atoms in total. The number of carbonyl (C=O) groups excluding carboxylic acids is 1. The van der Waals surface area contributed by atoms with Gasteiger partial charge in [0.05, 0.1) is 18.8 Å². The standard InChI is InChI=1S/C14H18N2O2S/c1-10-5-6-13(19-10)9-15-11(2)14(17)16-8-12-4-3-7-18-12/h3-7,11,15H,8-9H2,1-2H3,(H,16,17). The molecule has 0 spiro atoms. The molecule has 0 aliphatic rings. The molecule has 2 rings (SSSR count). The van der Waals surface area contributed by atoms with Crippen LogP contribution in [0.4, 0.5) is 0 Å². The fourth-order valence-electron chi connectivity index (χ4n) is 1.67. The Labute approximate surface area is 116 Å². The Bertz CT molecular complexity index is 519. The highest BCUT2D eigenvalue weighted by Gasteiger charge is 2.12. The molecule has 1 amide bonds. The lowest BCUT2D eigenvalue weighted by atomic mass is 10.3. The van der Waals surface area contributed by atoms with Crippen LogP contribution in [0, 0.1) is 6.92 Å². The van der Waals surface area contributed by atoms with Gasteiger partial charge in [-0.25, -0.2) is 0 Å². The molecule has 0 aliphatic heterocycles. The highest BCUT2D eigenvalue weighted by atomic mass is 32.1. The van der Waals surface area contributed by atoms with E-state index in [4.69, 9.17) is 4.42 Å². The average molecular weight is 278 g/mol. The van der Waals surface area contributed by atoms with Crippen molar-refractivity contribution < 1.29 is 9.21 Å². The number of furan rings is 1. The second-order valence-electron chi connectivity index (χ2n) is 4.41. The molecule has 2 heterocycles. The van der Waals surface area contributed by atoms with Gasteiger partial charge >= 0.3 is 0 Å². The molecule has 19 heavy (non-hydrogen) atoms. The monoisotopic (exact) mass is 278 g/mol. The summed E-state index contributed by atoms with van der Waals surface area (Å²) in [5, 5.41) is 6.04. The number of amides is 1. The first-order valence-corrected chi connectivity index (χ1v) is 7.05. The van der Waals surface area contributed by atoms with E-state index in [1.807, 2.05) is 19.1 Å². The van der Waals surface area contributed by atoms with Crippen molar-refractivity contribution in [2.45, 2.75) is 33.0 Å². The predicted octanol–water partition coefficient (Wildman–Crippen LogP) is 2.44. The van der Waals surface area contributed by atoms with Crippen LogP contribution in [0.25, 0.3) is 0 Å². The van der Waals surface area contributed by atoms with E-state index in [0.29, 0.717) is 13.1 Å². The Balaban J connectivity index is 1.73. The van der Waals surface area contributed by atoms with Crippen molar-refractivity contribution in [3.8, 4) is 0 Å². The largest absolute Gasteiger partial charge is 0.467 e. The molecule has 2 aromatic heterocycles. The Morgan fingerprint density at radius 1 is 1.37 bits per heavy atom. The van der Waals surface area contributed by atoms with Crippen LogP contribution in [0.5, 0.6) is 0 Å². The van der Waals surface area contributed by atoms with E-state index in [1.54, 1.807) is 17.6 Å². The van der Waals surface area contributed by atoms with E-state index in [0.717, 1.165) is 5.76 Å². The van der Waals surface area contributed by atoms with Crippen LogP contribution in [0.1, 0.15) is 22.4 Å². The highest BCUT2D eigenvalue weighted by molar-refractivity contribution is 7.11. The SMILES string of the molecule is Cc1ccc(CNC(C)C(=O)NCc2ccco2)s1. The van der Waals surface area contributed by atoms with Gasteiger partial charge in [0.2, 0.25) is 5.91 Å². The van der Waals surface area contributed by atoms with E-state index < -0.39 is 0 Å². The summed E-state index contributed by atoms with van der Waals surface area (Å²) < 4.78 is 5.16. The van der Waals surface area contributed by atoms with Gasteiger partial charge in [-0.05, 0) is 38.1 Å². The zero-order chi connectivity index (χ0) is 13.7. The highest BCUT2D eigenvalue weighted by Crippen LogP contribution is 2.14. The molecule has 0 saturated carbocycles. The third-order valence-corrected chi connectivity index (χ3v) is 3.79. The minimum atomic E-state index is -0.225. The van der Waals surface area contributed by atoms with Crippen LogP contribution in [-0.4, -0.2) is 11.9 Å². The van der Waals surface area contributed by atoms with Crippen LogP contribution in [0.15, 0.2) is 34.9 Å². The fourth-order valence-corrected chi connectivity index (χ4v) is 2.51. The Kier molecular flexibility index (Phi) is 4.76. The van der Waals surface area contributed by atoms with Crippen molar-refractivity contribution in [2.24, 2.45) is 0 Å². The number of carbonyl (C=O) groups is 1. The van der Waals surface area contributed by atoms with Crippen LogP contribution >= 0.6 is 11.3 Å². The van der Waals surface area contributed by atoms with Crippen molar-refractivity contribution in [3.63, 3.8) is 0 Å². The topological polar surface area (TPSA) is 54.3 Å². The van der Waals surface area contributed by atoms with Crippen LogP contribution in [-0.2, 0) is 17.9 Å². The average Bonchev–Trinajstić information content (AvgIpc) is 3.04. The van der Waals surface area contributed by atoms with Gasteiger partial charge in [0.1, 0.15) is 5.76 Å². The van der Waals surface area contributed by atoms with Gasteiger partial charge in [-0.3, -0.25) is 4.79 Å². The van der Waals surface area contributed by atoms with Crippen molar-refractivity contribution >= 4 is 17.2 Å². The maximum atomic E-state index is 11.9. The van der Waals surface area contributed by atoms with E-state index in [9.17, 15) is 4.79 Å². The zero-order valence-corrected chi connectivity index (χ0v) is 11.9. The van der Waals surface area contributed by atoms with Crippen molar-refractivity contribution in [1.82, 2.24) is 10.6 Å². The molecule has 0 fully saturated rings.